The summed E-state index contributed by atoms with van der Waals surface area (Å²) in [5.41, 5.74) is 8.73. The summed E-state index contributed by atoms with van der Waals surface area (Å²) in [7, 11) is 3.19. The van der Waals surface area contributed by atoms with Crippen LogP contribution in [0.2, 0.25) is 0 Å². The number of carbonyl (C=O) groups is 1. The van der Waals surface area contributed by atoms with Crippen molar-refractivity contribution in [1.29, 1.82) is 0 Å². The first-order valence-corrected chi connectivity index (χ1v) is 6.69. The van der Waals surface area contributed by atoms with Gasteiger partial charge in [-0.2, -0.15) is 0 Å². The van der Waals surface area contributed by atoms with Crippen molar-refractivity contribution in [3.05, 3.63) is 23.8 Å². The lowest BCUT2D eigenvalue weighted by molar-refractivity contribution is -0.123. The van der Waals surface area contributed by atoms with Crippen LogP contribution < -0.4 is 20.5 Å². The third-order valence-electron chi connectivity index (χ3n) is 3.11. The molecule has 0 aromatic heterocycles. The average molecular weight is 279 g/mol. The molecule has 20 heavy (non-hydrogen) atoms. The van der Waals surface area contributed by atoms with Gasteiger partial charge < -0.3 is 14.8 Å². The van der Waals surface area contributed by atoms with Crippen LogP contribution in [0.3, 0.4) is 0 Å². The maximum absolute atomic E-state index is 11.7. The molecule has 1 rings (SSSR count). The number of hydrogen-bond acceptors (Lipinski definition) is 3. The van der Waals surface area contributed by atoms with Crippen LogP contribution in [0.25, 0.3) is 0 Å². The molecule has 0 saturated carbocycles. The Morgan fingerprint density at radius 2 is 1.90 bits per heavy atom. The number of ether oxygens (including phenoxy) is 2. The molecule has 1 aromatic rings. The molecule has 0 aliphatic heterocycles. The van der Waals surface area contributed by atoms with E-state index in [-0.39, 0.29) is 11.8 Å². The van der Waals surface area contributed by atoms with Crippen molar-refractivity contribution in [1.82, 2.24) is 11.1 Å². The first-order chi connectivity index (χ1) is 9.49. The number of nitrogens with one attached hydrogen (secondary N) is 2. The molecule has 0 spiro atoms. The highest BCUT2D eigenvalue weighted by Crippen LogP contribution is 2.27. The van der Waals surface area contributed by atoms with Crippen molar-refractivity contribution < 1.29 is 14.3 Å². The summed E-state index contributed by atoms with van der Waals surface area (Å²) >= 11 is 0. The summed E-state index contributed by atoms with van der Waals surface area (Å²) < 4.78 is 10.4. The van der Waals surface area contributed by atoms with Gasteiger partial charge in [-0.15, -0.1) is 0 Å². The Kier molecular flexibility index (Phi) is 6.31. The highest BCUT2D eigenvalue weighted by Gasteiger charge is 2.17. The number of rotatable bonds is 7. The van der Waals surface area contributed by atoms with Crippen molar-refractivity contribution in [3.63, 3.8) is 0 Å². The Morgan fingerprint density at radius 1 is 1.25 bits per heavy atom. The van der Waals surface area contributed by atoms with Crippen LogP contribution in [0, 0.1) is 5.92 Å². The molecule has 0 aliphatic rings. The van der Waals surface area contributed by atoms with E-state index in [2.05, 4.69) is 5.32 Å². The fourth-order valence-electron chi connectivity index (χ4n) is 1.78. The zero-order valence-electron chi connectivity index (χ0n) is 12.5. The van der Waals surface area contributed by atoms with Crippen LogP contribution >= 0.6 is 0 Å². The average Bonchev–Trinajstić information content (AvgIpc) is 2.45. The predicted octanol–water partition coefficient (Wildman–Crippen LogP) is 1.67. The summed E-state index contributed by atoms with van der Waals surface area (Å²) in [6.07, 6.45) is 0.691. The second-order valence-corrected chi connectivity index (χ2v) is 4.95. The number of amides is 1. The van der Waals surface area contributed by atoms with E-state index in [1.54, 1.807) is 14.2 Å². The van der Waals surface area contributed by atoms with Crippen LogP contribution in [0.15, 0.2) is 18.2 Å². The van der Waals surface area contributed by atoms with E-state index in [1.165, 1.54) is 0 Å². The molecule has 1 amide bonds. The lowest BCUT2D eigenvalue weighted by Gasteiger charge is -2.14. The van der Waals surface area contributed by atoms with Gasteiger partial charge in [-0.25, -0.2) is 5.73 Å². The third kappa shape index (κ3) is 4.42. The van der Waals surface area contributed by atoms with E-state index >= 15 is 0 Å². The SMILES string of the molecule is COc1ccc(CCNC(=O)C([NH])C(C)C)cc1OC. The third-order valence-corrected chi connectivity index (χ3v) is 3.11. The van der Waals surface area contributed by atoms with Crippen LogP contribution in [0.5, 0.6) is 11.5 Å². The normalized spacial score (nSPS) is 12.1. The molecule has 2 N–H and O–H groups in total. The van der Waals surface area contributed by atoms with E-state index in [0.29, 0.717) is 24.5 Å². The van der Waals surface area contributed by atoms with Crippen LogP contribution in [0.4, 0.5) is 0 Å². The zero-order chi connectivity index (χ0) is 15.1. The van der Waals surface area contributed by atoms with Crippen molar-refractivity contribution in [2.24, 2.45) is 5.92 Å². The Hall–Kier alpha value is -1.75. The smallest absolute Gasteiger partial charge is 0.238 e. The maximum Gasteiger partial charge on any atom is 0.238 e. The highest BCUT2D eigenvalue weighted by molar-refractivity contribution is 5.81. The predicted molar refractivity (Wildman–Crippen MR) is 78.0 cm³/mol. The van der Waals surface area contributed by atoms with Crippen molar-refractivity contribution >= 4 is 5.91 Å². The molecule has 0 heterocycles. The van der Waals surface area contributed by atoms with Gasteiger partial charge in [0.25, 0.3) is 0 Å². The Balaban J connectivity index is 2.52. The maximum atomic E-state index is 11.7. The first-order valence-electron chi connectivity index (χ1n) is 6.69. The van der Waals surface area contributed by atoms with E-state index in [9.17, 15) is 4.79 Å². The Morgan fingerprint density at radius 3 is 2.45 bits per heavy atom. The fourth-order valence-corrected chi connectivity index (χ4v) is 1.78. The van der Waals surface area contributed by atoms with Crippen molar-refractivity contribution in [3.8, 4) is 11.5 Å². The molecule has 0 aliphatic carbocycles. The van der Waals surface area contributed by atoms with Crippen LogP contribution in [-0.4, -0.2) is 32.7 Å². The Bertz CT molecular complexity index is 447. The minimum atomic E-state index is -0.708. The molecule has 1 radical (unpaired) electrons. The number of hydrogen-bond donors (Lipinski definition) is 1. The van der Waals surface area contributed by atoms with E-state index in [1.807, 2.05) is 32.0 Å². The van der Waals surface area contributed by atoms with Crippen LogP contribution in [-0.2, 0) is 11.2 Å². The summed E-state index contributed by atoms with van der Waals surface area (Å²) in [6.45, 7) is 4.24. The molecule has 5 nitrogen and oxygen atoms in total. The van der Waals surface area contributed by atoms with Crippen LogP contribution in [0.1, 0.15) is 19.4 Å². The minimum absolute atomic E-state index is 0.0241. The van der Waals surface area contributed by atoms with Gasteiger partial charge in [0, 0.05) is 6.54 Å². The monoisotopic (exact) mass is 279 g/mol. The van der Waals surface area contributed by atoms with E-state index in [0.717, 1.165) is 5.56 Å². The van der Waals surface area contributed by atoms with Crippen molar-refractivity contribution in [2.75, 3.05) is 20.8 Å². The van der Waals surface area contributed by atoms with Gasteiger partial charge >= 0.3 is 0 Å². The molecule has 1 aromatic carbocycles. The second-order valence-electron chi connectivity index (χ2n) is 4.95. The topological polar surface area (TPSA) is 71.4 Å². The lowest BCUT2D eigenvalue weighted by atomic mass is 10.0. The number of methoxy groups -OCH3 is 2. The largest absolute Gasteiger partial charge is 0.493 e. The lowest BCUT2D eigenvalue weighted by Crippen LogP contribution is -2.39. The molecule has 1 unspecified atom stereocenters. The van der Waals surface area contributed by atoms with Gasteiger partial charge in [0.15, 0.2) is 11.5 Å². The molecule has 0 saturated heterocycles. The van der Waals surface area contributed by atoms with Gasteiger partial charge in [-0.1, -0.05) is 19.9 Å². The summed E-state index contributed by atoms with van der Waals surface area (Å²) in [6, 6.07) is 4.97. The van der Waals surface area contributed by atoms with Gasteiger partial charge in [-0.3, -0.25) is 4.79 Å². The van der Waals surface area contributed by atoms with E-state index in [4.69, 9.17) is 15.2 Å². The quantitative estimate of drug-likeness (QED) is 0.825. The Labute approximate surface area is 120 Å². The first kappa shape index (κ1) is 16.3. The van der Waals surface area contributed by atoms with Gasteiger partial charge in [0.05, 0.1) is 14.2 Å². The summed E-state index contributed by atoms with van der Waals surface area (Å²) in [5, 5.41) is 2.78. The molecule has 111 valence electrons. The zero-order valence-corrected chi connectivity index (χ0v) is 12.5. The van der Waals surface area contributed by atoms with Gasteiger partial charge in [0.1, 0.15) is 6.04 Å². The number of benzene rings is 1. The van der Waals surface area contributed by atoms with Crippen molar-refractivity contribution in [2.45, 2.75) is 26.3 Å². The summed E-state index contributed by atoms with van der Waals surface area (Å²) in [4.78, 5) is 11.7. The molecular formula is C15H23N2O3. The number of carbonyl (C=O) groups excluding carboxylic acids is 1. The van der Waals surface area contributed by atoms with Gasteiger partial charge in [-0.05, 0) is 30.0 Å². The standard InChI is InChI=1S/C15H23N2O3/c1-10(2)14(16)15(18)17-8-7-11-5-6-12(19-3)13(9-11)20-4/h5-6,9-10,14,16H,7-8H2,1-4H3,(H,17,18). The molecule has 1 atom stereocenters. The summed E-state index contributed by atoms with van der Waals surface area (Å²) in [5.74, 6) is 1.17. The molecular weight excluding hydrogens is 256 g/mol. The molecule has 0 fully saturated rings. The second kappa shape index (κ2) is 7.75. The molecule has 5 heteroatoms. The highest BCUT2D eigenvalue weighted by atomic mass is 16.5. The molecule has 0 bridgehead atoms. The van der Waals surface area contributed by atoms with E-state index < -0.39 is 6.04 Å². The minimum Gasteiger partial charge on any atom is -0.493 e. The fraction of sp³-hybridized carbons (Fsp3) is 0.533. The van der Waals surface area contributed by atoms with Gasteiger partial charge in [0.2, 0.25) is 5.91 Å².